The van der Waals surface area contributed by atoms with Crippen molar-refractivity contribution in [3.05, 3.63) is 70.8 Å². The molecule has 3 rings (SSSR count). The van der Waals surface area contributed by atoms with Gasteiger partial charge in [-0.1, -0.05) is 36.4 Å². The lowest BCUT2D eigenvalue weighted by molar-refractivity contribution is -0.137. The number of nitrogens with one attached hydrogen (secondary N) is 1. The Bertz CT molecular complexity index is 868. The smallest absolute Gasteiger partial charge is 0.388 e. The molecule has 2 aromatic carbocycles. The Morgan fingerprint density at radius 1 is 1.00 bits per heavy atom. The van der Waals surface area contributed by atoms with Gasteiger partial charge in [-0.15, -0.1) is 0 Å². The van der Waals surface area contributed by atoms with Crippen LogP contribution in [0.5, 0.6) is 0 Å². The van der Waals surface area contributed by atoms with Crippen molar-refractivity contribution in [2.75, 3.05) is 6.54 Å². The van der Waals surface area contributed by atoms with Gasteiger partial charge < -0.3 is 5.11 Å². The first kappa shape index (κ1) is 18.9. The van der Waals surface area contributed by atoms with Crippen LogP contribution in [-0.4, -0.2) is 25.7 Å². The minimum Gasteiger partial charge on any atom is -0.388 e. The van der Waals surface area contributed by atoms with Gasteiger partial charge in [0.05, 0.1) is 16.9 Å². The molecule has 0 heterocycles. The second-order valence-corrected chi connectivity index (χ2v) is 8.43. The molecular formula is C18H18F3NO3S. The molecule has 26 heavy (non-hydrogen) atoms. The maximum Gasteiger partial charge on any atom is 0.416 e. The first-order valence-electron chi connectivity index (χ1n) is 7.99. The molecule has 2 N–H and O–H groups in total. The van der Waals surface area contributed by atoms with E-state index in [1.54, 1.807) is 0 Å². The average molecular weight is 385 g/mol. The number of hydrogen-bond acceptors (Lipinski definition) is 3. The van der Waals surface area contributed by atoms with E-state index in [-0.39, 0.29) is 12.1 Å². The minimum atomic E-state index is -4.46. The molecule has 8 heteroatoms. The fourth-order valence-electron chi connectivity index (χ4n) is 3.10. The van der Waals surface area contributed by atoms with Crippen LogP contribution >= 0.6 is 0 Å². The first-order chi connectivity index (χ1) is 12.1. The van der Waals surface area contributed by atoms with Gasteiger partial charge in [-0.05, 0) is 28.8 Å². The van der Waals surface area contributed by atoms with Gasteiger partial charge >= 0.3 is 6.18 Å². The summed E-state index contributed by atoms with van der Waals surface area (Å²) < 4.78 is 64.4. The van der Waals surface area contributed by atoms with Crippen molar-refractivity contribution < 1.29 is 26.7 Å². The molecule has 4 nitrogen and oxygen atoms in total. The zero-order valence-electron chi connectivity index (χ0n) is 13.8. The fourth-order valence-corrected chi connectivity index (χ4v) is 4.33. The molecule has 1 aliphatic carbocycles. The predicted molar refractivity (Wildman–Crippen MR) is 90.9 cm³/mol. The predicted octanol–water partition coefficient (Wildman–Crippen LogP) is 2.65. The minimum absolute atomic E-state index is 0.148. The van der Waals surface area contributed by atoms with Crippen LogP contribution in [0.3, 0.4) is 0 Å². The van der Waals surface area contributed by atoms with Crippen molar-refractivity contribution in [2.45, 2.75) is 30.4 Å². The molecule has 0 aliphatic heterocycles. The van der Waals surface area contributed by atoms with E-state index in [9.17, 15) is 26.7 Å². The molecule has 0 bridgehead atoms. The monoisotopic (exact) mass is 385 g/mol. The summed E-state index contributed by atoms with van der Waals surface area (Å²) in [5.74, 6) is -0.450. The maximum atomic E-state index is 12.5. The van der Waals surface area contributed by atoms with Gasteiger partial charge in [0.2, 0.25) is 10.0 Å². The largest absolute Gasteiger partial charge is 0.416 e. The second kappa shape index (κ2) is 6.68. The summed E-state index contributed by atoms with van der Waals surface area (Å²) in [5.41, 5.74) is 0.183. The third-order valence-electron chi connectivity index (χ3n) is 4.42. The third-order valence-corrected chi connectivity index (χ3v) is 5.71. The summed E-state index contributed by atoms with van der Waals surface area (Å²) in [4.78, 5) is 0. The summed E-state index contributed by atoms with van der Waals surface area (Å²) in [5, 5.41) is 10.6. The number of benzene rings is 2. The molecule has 140 valence electrons. The van der Waals surface area contributed by atoms with E-state index in [1.807, 2.05) is 24.3 Å². The van der Waals surface area contributed by atoms with Gasteiger partial charge in [-0.2, -0.15) is 13.2 Å². The zero-order valence-corrected chi connectivity index (χ0v) is 14.6. The molecule has 0 amide bonds. The highest BCUT2D eigenvalue weighted by atomic mass is 32.2. The fraction of sp³-hybridized carbons (Fsp3) is 0.333. The number of halogens is 3. The Labute approximate surface area is 149 Å². The van der Waals surface area contributed by atoms with E-state index in [1.165, 1.54) is 0 Å². The molecule has 2 aromatic rings. The van der Waals surface area contributed by atoms with Crippen LogP contribution in [0.1, 0.15) is 22.3 Å². The molecule has 0 unspecified atom stereocenters. The highest BCUT2D eigenvalue weighted by Crippen LogP contribution is 2.30. The third kappa shape index (κ3) is 4.44. The van der Waals surface area contributed by atoms with Crippen molar-refractivity contribution in [3.8, 4) is 0 Å². The van der Waals surface area contributed by atoms with Crippen molar-refractivity contribution in [2.24, 2.45) is 0 Å². The number of sulfonamides is 1. The van der Waals surface area contributed by atoms with Crippen molar-refractivity contribution in [1.82, 2.24) is 4.72 Å². The molecule has 0 fully saturated rings. The normalized spacial score (nSPS) is 16.5. The number of aliphatic hydroxyl groups is 1. The molecular weight excluding hydrogens is 367 g/mol. The van der Waals surface area contributed by atoms with E-state index >= 15 is 0 Å². The van der Waals surface area contributed by atoms with Crippen LogP contribution in [0.15, 0.2) is 48.5 Å². The van der Waals surface area contributed by atoms with E-state index in [2.05, 4.69) is 4.72 Å². The summed E-state index contributed by atoms with van der Waals surface area (Å²) in [6.07, 6.45) is -3.76. The lowest BCUT2D eigenvalue weighted by Gasteiger charge is -2.22. The highest BCUT2D eigenvalue weighted by Gasteiger charge is 2.36. The Balaban J connectivity index is 1.61. The first-order valence-corrected chi connectivity index (χ1v) is 9.64. The molecule has 0 saturated carbocycles. The van der Waals surface area contributed by atoms with Gasteiger partial charge in [-0.25, -0.2) is 13.1 Å². The van der Waals surface area contributed by atoms with Crippen molar-refractivity contribution in [1.29, 1.82) is 0 Å². The van der Waals surface area contributed by atoms with E-state index < -0.39 is 33.1 Å². The molecule has 0 atom stereocenters. The molecule has 0 radical (unpaired) electrons. The van der Waals surface area contributed by atoms with Crippen molar-refractivity contribution >= 4 is 10.0 Å². The van der Waals surface area contributed by atoms with E-state index in [0.717, 1.165) is 35.4 Å². The zero-order chi connectivity index (χ0) is 19.0. The maximum absolute atomic E-state index is 12.5. The van der Waals surface area contributed by atoms with E-state index in [0.29, 0.717) is 12.8 Å². The van der Waals surface area contributed by atoms with Crippen LogP contribution in [0.25, 0.3) is 0 Å². The van der Waals surface area contributed by atoms with Crippen molar-refractivity contribution in [3.63, 3.8) is 0 Å². The van der Waals surface area contributed by atoms with Gasteiger partial charge in [0, 0.05) is 19.4 Å². The Morgan fingerprint density at radius 2 is 1.54 bits per heavy atom. The number of rotatable bonds is 5. The Morgan fingerprint density at radius 3 is 2.04 bits per heavy atom. The molecule has 0 aromatic heterocycles. The second-order valence-electron chi connectivity index (χ2n) is 6.62. The van der Waals surface area contributed by atoms with Crippen LogP contribution in [0.4, 0.5) is 13.2 Å². The van der Waals surface area contributed by atoms with Crippen LogP contribution < -0.4 is 4.72 Å². The summed E-state index contributed by atoms with van der Waals surface area (Å²) >= 11 is 0. The summed E-state index contributed by atoms with van der Waals surface area (Å²) in [6.45, 7) is -0.148. The van der Waals surface area contributed by atoms with Gasteiger partial charge in [0.15, 0.2) is 0 Å². The number of alkyl halides is 3. The van der Waals surface area contributed by atoms with Gasteiger partial charge in [0.25, 0.3) is 0 Å². The molecule has 1 aliphatic rings. The SMILES string of the molecule is O=S(=O)(Cc1ccc(C(F)(F)F)cc1)NCC1(O)Cc2ccccc2C1. The van der Waals surface area contributed by atoms with E-state index in [4.69, 9.17) is 0 Å². The van der Waals surface area contributed by atoms with Gasteiger partial charge in [0.1, 0.15) is 0 Å². The Kier molecular flexibility index (Phi) is 4.85. The topological polar surface area (TPSA) is 66.4 Å². The number of fused-ring (bicyclic) bond motifs is 1. The molecule has 0 spiro atoms. The standard InChI is InChI=1S/C18H18F3NO3S/c19-18(20,21)16-7-5-13(6-8-16)11-26(24,25)22-12-17(23)9-14-3-1-2-4-15(14)10-17/h1-8,22-23H,9-12H2. The van der Waals surface area contributed by atoms with Crippen LogP contribution in [-0.2, 0) is 34.8 Å². The Hall–Kier alpha value is -1.90. The quantitative estimate of drug-likeness (QED) is 0.832. The summed E-state index contributed by atoms with van der Waals surface area (Å²) in [6, 6.07) is 11.5. The van der Waals surface area contributed by atoms with Crippen LogP contribution in [0, 0.1) is 0 Å². The highest BCUT2D eigenvalue weighted by molar-refractivity contribution is 7.88. The lowest BCUT2D eigenvalue weighted by Crippen LogP contribution is -2.43. The molecule has 0 saturated heterocycles. The average Bonchev–Trinajstić information content (AvgIpc) is 2.89. The number of hydrogen-bond donors (Lipinski definition) is 2. The van der Waals surface area contributed by atoms with Gasteiger partial charge in [-0.3, -0.25) is 0 Å². The summed E-state index contributed by atoms with van der Waals surface area (Å²) in [7, 11) is -3.79. The van der Waals surface area contributed by atoms with Crippen LogP contribution in [0.2, 0.25) is 0 Å². The lowest BCUT2D eigenvalue weighted by atomic mass is 10.0.